The molecule has 0 saturated carbocycles. The molecule has 0 saturated heterocycles. The molecule has 0 amide bonds. The number of nitrogen functional groups attached to an aromatic ring is 1. The average molecular weight is 230 g/mol. The number of aromatic nitrogens is 1. The maximum Gasteiger partial charge on any atom is 0.219 e. The third-order valence-electron chi connectivity index (χ3n) is 2.32. The molecule has 0 fully saturated rings. The number of anilines is 1. The van der Waals surface area contributed by atoms with Crippen molar-refractivity contribution in [1.29, 1.82) is 0 Å². The van der Waals surface area contributed by atoms with Gasteiger partial charge in [-0.2, -0.15) is 0 Å². The van der Waals surface area contributed by atoms with Gasteiger partial charge in [0.15, 0.2) is 5.75 Å². The molecule has 4 nitrogen and oxygen atoms in total. The lowest BCUT2D eigenvalue weighted by molar-refractivity contribution is 0.408. The number of benzene rings is 1. The number of hydrogen-bond acceptors (Lipinski definition) is 4. The van der Waals surface area contributed by atoms with E-state index in [2.05, 4.69) is 4.98 Å². The van der Waals surface area contributed by atoms with Crippen molar-refractivity contribution in [3.05, 3.63) is 42.1 Å². The van der Waals surface area contributed by atoms with Gasteiger partial charge in [0.2, 0.25) is 5.88 Å². The predicted octanol–water partition coefficient (Wildman–Crippen LogP) is 2.77. The van der Waals surface area contributed by atoms with Crippen LogP contribution in [0.4, 0.5) is 5.69 Å². The molecule has 0 aliphatic carbocycles. The Morgan fingerprint density at radius 3 is 2.65 bits per heavy atom. The zero-order valence-electron chi connectivity index (χ0n) is 9.81. The predicted molar refractivity (Wildman–Crippen MR) is 66.5 cm³/mol. The Labute approximate surface area is 100 Å². The Bertz CT molecular complexity index is 509. The van der Waals surface area contributed by atoms with Crippen LogP contribution in [0.1, 0.15) is 5.56 Å². The second-order valence-corrected chi connectivity index (χ2v) is 3.68. The fourth-order valence-electron chi connectivity index (χ4n) is 1.36. The number of aryl methyl sites for hydroxylation is 1. The molecule has 0 aliphatic heterocycles. The minimum atomic E-state index is 0.510. The summed E-state index contributed by atoms with van der Waals surface area (Å²) in [5.74, 6) is 1.75. The lowest BCUT2D eigenvalue weighted by atomic mass is 10.3. The lowest BCUT2D eigenvalue weighted by Gasteiger charge is -2.09. The zero-order chi connectivity index (χ0) is 12.3. The van der Waals surface area contributed by atoms with Crippen molar-refractivity contribution in [2.24, 2.45) is 0 Å². The highest BCUT2D eigenvalue weighted by Crippen LogP contribution is 2.30. The molecule has 2 aromatic rings. The van der Waals surface area contributed by atoms with Gasteiger partial charge in [0.1, 0.15) is 5.75 Å². The topological polar surface area (TPSA) is 57.4 Å². The molecule has 2 rings (SSSR count). The number of pyridine rings is 1. The molecule has 1 aromatic heterocycles. The van der Waals surface area contributed by atoms with E-state index in [4.69, 9.17) is 15.2 Å². The Kier molecular flexibility index (Phi) is 3.14. The first-order valence-electron chi connectivity index (χ1n) is 5.23. The van der Waals surface area contributed by atoms with Gasteiger partial charge < -0.3 is 15.2 Å². The minimum Gasteiger partial charge on any atom is -0.497 e. The van der Waals surface area contributed by atoms with Gasteiger partial charge in [-0.1, -0.05) is 6.07 Å². The summed E-state index contributed by atoms with van der Waals surface area (Å²) in [5, 5.41) is 0. The minimum absolute atomic E-state index is 0.510. The van der Waals surface area contributed by atoms with Gasteiger partial charge >= 0.3 is 0 Å². The van der Waals surface area contributed by atoms with Crippen molar-refractivity contribution in [2.45, 2.75) is 6.92 Å². The van der Waals surface area contributed by atoms with E-state index < -0.39 is 0 Å². The molecule has 0 atom stereocenters. The summed E-state index contributed by atoms with van der Waals surface area (Å²) in [6, 6.07) is 8.98. The van der Waals surface area contributed by atoms with Crippen LogP contribution in [0.15, 0.2) is 36.5 Å². The third-order valence-corrected chi connectivity index (χ3v) is 2.32. The van der Waals surface area contributed by atoms with Gasteiger partial charge in [0, 0.05) is 18.3 Å². The number of nitrogens with two attached hydrogens (primary N) is 1. The first kappa shape index (κ1) is 11.3. The molecule has 0 radical (unpaired) electrons. The highest BCUT2D eigenvalue weighted by atomic mass is 16.5. The molecular weight excluding hydrogens is 216 g/mol. The Morgan fingerprint density at radius 1 is 1.18 bits per heavy atom. The van der Waals surface area contributed by atoms with E-state index in [0.717, 1.165) is 5.56 Å². The van der Waals surface area contributed by atoms with Crippen molar-refractivity contribution in [3.63, 3.8) is 0 Å². The van der Waals surface area contributed by atoms with Crippen molar-refractivity contribution >= 4 is 5.69 Å². The van der Waals surface area contributed by atoms with Crippen LogP contribution in [-0.4, -0.2) is 12.1 Å². The quantitative estimate of drug-likeness (QED) is 0.824. The van der Waals surface area contributed by atoms with Gasteiger partial charge in [-0.25, -0.2) is 4.98 Å². The molecule has 4 heteroatoms. The Balaban J connectivity index is 2.25. The number of rotatable bonds is 3. The van der Waals surface area contributed by atoms with Crippen LogP contribution in [0, 0.1) is 6.92 Å². The van der Waals surface area contributed by atoms with Crippen LogP contribution in [0.3, 0.4) is 0 Å². The van der Waals surface area contributed by atoms with Gasteiger partial charge in [-0.15, -0.1) is 0 Å². The van der Waals surface area contributed by atoms with Crippen LogP contribution in [0.25, 0.3) is 0 Å². The van der Waals surface area contributed by atoms with E-state index in [0.29, 0.717) is 23.1 Å². The number of nitrogens with zero attached hydrogens (tertiary/aromatic N) is 1. The standard InChI is InChI=1S/C13H14N2O2/c1-9-3-6-13(15-8-9)17-12-7-10(16-2)4-5-11(12)14/h3-8H,14H2,1-2H3. The lowest BCUT2D eigenvalue weighted by Crippen LogP contribution is -1.94. The van der Waals surface area contributed by atoms with Gasteiger partial charge in [0.05, 0.1) is 12.8 Å². The monoisotopic (exact) mass is 230 g/mol. The fraction of sp³-hybridized carbons (Fsp3) is 0.154. The fourth-order valence-corrected chi connectivity index (χ4v) is 1.36. The second kappa shape index (κ2) is 4.74. The van der Waals surface area contributed by atoms with E-state index >= 15 is 0 Å². The van der Waals surface area contributed by atoms with E-state index in [9.17, 15) is 0 Å². The molecule has 0 bridgehead atoms. The largest absolute Gasteiger partial charge is 0.497 e. The van der Waals surface area contributed by atoms with E-state index in [-0.39, 0.29) is 0 Å². The summed E-state index contributed by atoms with van der Waals surface area (Å²) in [6.45, 7) is 1.97. The summed E-state index contributed by atoms with van der Waals surface area (Å²) in [4.78, 5) is 4.15. The molecule has 0 aliphatic rings. The van der Waals surface area contributed by atoms with E-state index in [1.54, 1.807) is 37.6 Å². The van der Waals surface area contributed by atoms with Crippen molar-refractivity contribution in [2.75, 3.05) is 12.8 Å². The second-order valence-electron chi connectivity index (χ2n) is 3.68. The summed E-state index contributed by atoms with van der Waals surface area (Å²) < 4.78 is 10.7. The van der Waals surface area contributed by atoms with Crippen molar-refractivity contribution in [1.82, 2.24) is 4.98 Å². The van der Waals surface area contributed by atoms with E-state index in [1.807, 2.05) is 13.0 Å². The maximum atomic E-state index is 5.81. The molecule has 0 spiro atoms. The van der Waals surface area contributed by atoms with Crippen LogP contribution in [-0.2, 0) is 0 Å². The van der Waals surface area contributed by atoms with E-state index in [1.165, 1.54) is 0 Å². The highest BCUT2D eigenvalue weighted by Gasteiger charge is 2.04. The van der Waals surface area contributed by atoms with Crippen LogP contribution >= 0.6 is 0 Å². The number of ether oxygens (including phenoxy) is 2. The first-order valence-corrected chi connectivity index (χ1v) is 5.23. The molecule has 2 N–H and O–H groups in total. The average Bonchev–Trinajstić information content (AvgIpc) is 2.35. The molecule has 0 unspecified atom stereocenters. The van der Waals surface area contributed by atoms with Crippen LogP contribution in [0.2, 0.25) is 0 Å². The van der Waals surface area contributed by atoms with Gasteiger partial charge in [-0.05, 0) is 24.6 Å². The molecule has 1 aromatic carbocycles. The number of hydrogen-bond donors (Lipinski definition) is 1. The zero-order valence-corrected chi connectivity index (χ0v) is 9.81. The third kappa shape index (κ3) is 2.66. The molecular formula is C13H14N2O2. The molecule has 88 valence electrons. The number of methoxy groups -OCH3 is 1. The summed E-state index contributed by atoms with van der Waals surface area (Å²) in [6.07, 6.45) is 1.74. The SMILES string of the molecule is COc1ccc(N)c(Oc2ccc(C)cn2)c1. The maximum absolute atomic E-state index is 5.81. The highest BCUT2D eigenvalue weighted by molar-refractivity contribution is 5.56. The molecule has 17 heavy (non-hydrogen) atoms. The van der Waals surface area contributed by atoms with Crippen molar-refractivity contribution < 1.29 is 9.47 Å². The van der Waals surface area contributed by atoms with Gasteiger partial charge in [-0.3, -0.25) is 0 Å². The van der Waals surface area contributed by atoms with Crippen molar-refractivity contribution in [3.8, 4) is 17.4 Å². The smallest absolute Gasteiger partial charge is 0.219 e. The summed E-state index contributed by atoms with van der Waals surface area (Å²) >= 11 is 0. The normalized spacial score (nSPS) is 10.0. The summed E-state index contributed by atoms with van der Waals surface area (Å²) in [7, 11) is 1.60. The van der Waals surface area contributed by atoms with Crippen LogP contribution in [0.5, 0.6) is 17.4 Å². The Hall–Kier alpha value is -2.23. The summed E-state index contributed by atoms with van der Waals surface area (Å²) in [5.41, 5.74) is 7.44. The van der Waals surface area contributed by atoms with Gasteiger partial charge in [0.25, 0.3) is 0 Å². The Morgan fingerprint density at radius 2 is 2.00 bits per heavy atom. The first-order chi connectivity index (χ1) is 8.19. The van der Waals surface area contributed by atoms with Crippen LogP contribution < -0.4 is 15.2 Å². The molecule has 1 heterocycles.